The van der Waals surface area contributed by atoms with Gasteiger partial charge in [-0.25, -0.2) is 9.97 Å². The Hall–Kier alpha value is -2.12. The number of hydrogen-bond acceptors (Lipinski definition) is 5. The van der Waals surface area contributed by atoms with Gasteiger partial charge in [0.05, 0.1) is 16.6 Å². The van der Waals surface area contributed by atoms with E-state index in [1.165, 1.54) is 5.52 Å². The van der Waals surface area contributed by atoms with E-state index in [4.69, 9.17) is 9.47 Å². The van der Waals surface area contributed by atoms with Crippen molar-refractivity contribution in [3.63, 3.8) is 0 Å². The van der Waals surface area contributed by atoms with Gasteiger partial charge in [-0.1, -0.05) is 6.07 Å². The number of halogens is 1. The highest BCUT2D eigenvalue weighted by molar-refractivity contribution is 9.10. The molecular formula is C20H23BrN4O2. The summed E-state index contributed by atoms with van der Waals surface area (Å²) in [4.78, 5) is 11.0. The van der Waals surface area contributed by atoms with Gasteiger partial charge in [0.1, 0.15) is 11.9 Å². The van der Waals surface area contributed by atoms with Gasteiger partial charge in [-0.3, -0.25) is 0 Å². The average molecular weight is 431 g/mol. The van der Waals surface area contributed by atoms with Crippen molar-refractivity contribution in [1.29, 1.82) is 0 Å². The van der Waals surface area contributed by atoms with Gasteiger partial charge in [-0.2, -0.15) is 0 Å². The first-order valence-corrected chi connectivity index (χ1v) is 10.00. The third-order valence-electron chi connectivity index (χ3n) is 4.94. The molecule has 0 saturated carbocycles. The van der Waals surface area contributed by atoms with Crippen molar-refractivity contribution in [2.24, 2.45) is 0 Å². The van der Waals surface area contributed by atoms with E-state index in [0.29, 0.717) is 6.61 Å². The summed E-state index contributed by atoms with van der Waals surface area (Å²) in [6, 6.07) is 8.38. The third kappa shape index (κ3) is 4.09. The lowest BCUT2D eigenvalue weighted by Gasteiger charge is -2.32. The molecule has 1 aliphatic heterocycles. The molecule has 1 aliphatic rings. The van der Waals surface area contributed by atoms with Gasteiger partial charge in [0, 0.05) is 63.6 Å². The van der Waals surface area contributed by atoms with Crippen LogP contribution in [0.5, 0.6) is 5.75 Å². The molecule has 1 aromatic carbocycles. The first kappa shape index (κ1) is 18.3. The minimum absolute atomic E-state index is 0.213. The number of benzene rings is 1. The zero-order valence-corrected chi connectivity index (χ0v) is 16.9. The number of anilines is 1. The monoisotopic (exact) mass is 430 g/mol. The van der Waals surface area contributed by atoms with E-state index in [1.807, 2.05) is 0 Å². The van der Waals surface area contributed by atoms with Gasteiger partial charge in [0.15, 0.2) is 0 Å². The predicted molar refractivity (Wildman–Crippen MR) is 109 cm³/mol. The van der Waals surface area contributed by atoms with Crippen molar-refractivity contribution in [1.82, 2.24) is 14.5 Å². The Bertz CT molecular complexity index is 889. The molecule has 0 atom stereocenters. The fourth-order valence-corrected chi connectivity index (χ4v) is 3.71. The Labute approximate surface area is 167 Å². The quantitative estimate of drug-likeness (QED) is 0.593. The van der Waals surface area contributed by atoms with Gasteiger partial charge in [0.25, 0.3) is 0 Å². The molecule has 3 aromatic rings. The lowest BCUT2D eigenvalue weighted by molar-refractivity contribution is 0.172. The van der Waals surface area contributed by atoms with Crippen LogP contribution in [-0.2, 0) is 11.3 Å². The summed E-state index contributed by atoms with van der Waals surface area (Å²) in [7, 11) is 1.73. The van der Waals surface area contributed by atoms with Gasteiger partial charge in [0.2, 0.25) is 5.95 Å². The maximum absolute atomic E-state index is 6.37. The molecule has 3 heterocycles. The third-order valence-corrected chi connectivity index (χ3v) is 5.34. The summed E-state index contributed by atoms with van der Waals surface area (Å²) in [5, 5.41) is 1.16. The van der Waals surface area contributed by atoms with E-state index in [0.717, 1.165) is 54.0 Å². The number of fused-ring (bicyclic) bond motifs is 1. The Kier molecular flexibility index (Phi) is 5.59. The molecule has 0 bridgehead atoms. The van der Waals surface area contributed by atoms with Crippen LogP contribution in [0.2, 0.25) is 0 Å². The standard InChI is InChI=1S/C20H23BrN4O2/c1-26-12-11-24-10-7-17-18(24)3-2-4-19(17)27-16-5-8-25(9-6-16)20-22-13-15(21)14-23-20/h2-4,7,10,13-14,16H,5-6,8-9,11-12H2,1H3. The van der Waals surface area contributed by atoms with Crippen LogP contribution < -0.4 is 9.64 Å². The molecule has 142 valence electrons. The smallest absolute Gasteiger partial charge is 0.225 e. The van der Waals surface area contributed by atoms with E-state index in [1.54, 1.807) is 19.5 Å². The Morgan fingerprint density at radius 1 is 1.15 bits per heavy atom. The second-order valence-electron chi connectivity index (χ2n) is 6.70. The molecule has 0 N–H and O–H groups in total. The largest absolute Gasteiger partial charge is 0.490 e. The number of aromatic nitrogens is 3. The zero-order valence-electron chi connectivity index (χ0n) is 15.3. The highest BCUT2D eigenvalue weighted by Gasteiger charge is 2.23. The van der Waals surface area contributed by atoms with Gasteiger partial charge in [-0.15, -0.1) is 0 Å². The first-order valence-electron chi connectivity index (χ1n) is 9.20. The number of methoxy groups -OCH3 is 1. The Balaban J connectivity index is 1.41. The molecule has 0 unspecified atom stereocenters. The van der Waals surface area contributed by atoms with E-state index >= 15 is 0 Å². The van der Waals surface area contributed by atoms with E-state index in [9.17, 15) is 0 Å². The molecule has 1 saturated heterocycles. The number of rotatable bonds is 6. The van der Waals surface area contributed by atoms with Crippen LogP contribution in [0.25, 0.3) is 10.9 Å². The molecular weight excluding hydrogens is 408 g/mol. The fraction of sp³-hybridized carbons (Fsp3) is 0.400. The Morgan fingerprint density at radius 2 is 1.93 bits per heavy atom. The van der Waals surface area contributed by atoms with Crippen LogP contribution in [0.1, 0.15) is 12.8 Å². The van der Waals surface area contributed by atoms with Crippen molar-refractivity contribution in [3.05, 3.63) is 47.3 Å². The average Bonchev–Trinajstić information content (AvgIpc) is 3.12. The van der Waals surface area contributed by atoms with Crippen LogP contribution in [-0.4, -0.2) is 47.4 Å². The number of hydrogen-bond donors (Lipinski definition) is 0. The first-order chi connectivity index (χ1) is 13.2. The highest BCUT2D eigenvalue weighted by atomic mass is 79.9. The van der Waals surface area contributed by atoms with E-state index in [-0.39, 0.29) is 6.10 Å². The molecule has 27 heavy (non-hydrogen) atoms. The van der Waals surface area contributed by atoms with Gasteiger partial charge in [-0.05, 0) is 34.1 Å². The maximum Gasteiger partial charge on any atom is 0.225 e. The normalized spacial score (nSPS) is 15.4. The minimum Gasteiger partial charge on any atom is -0.490 e. The second kappa shape index (κ2) is 8.27. The lowest BCUT2D eigenvalue weighted by atomic mass is 10.1. The summed E-state index contributed by atoms with van der Waals surface area (Å²) in [6.45, 7) is 3.34. The van der Waals surface area contributed by atoms with Crippen molar-refractivity contribution in [2.75, 3.05) is 31.7 Å². The van der Waals surface area contributed by atoms with Gasteiger partial charge >= 0.3 is 0 Å². The summed E-state index contributed by atoms with van der Waals surface area (Å²) < 4.78 is 14.7. The molecule has 0 amide bonds. The van der Waals surface area contributed by atoms with E-state index in [2.05, 4.69) is 65.8 Å². The zero-order chi connectivity index (χ0) is 18.6. The topological polar surface area (TPSA) is 52.4 Å². The summed E-state index contributed by atoms with van der Waals surface area (Å²) >= 11 is 3.38. The van der Waals surface area contributed by atoms with Crippen LogP contribution in [0.3, 0.4) is 0 Å². The summed E-state index contributed by atoms with van der Waals surface area (Å²) in [5.41, 5.74) is 1.19. The number of ether oxygens (including phenoxy) is 2. The molecule has 1 fully saturated rings. The molecule has 0 spiro atoms. The van der Waals surface area contributed by atoms with Crippen LogP contribution in [0.15, 0.2) is 47.3 Å². The van der Waals surface area contributed by atoms with Gasteiger partial charge < -0.3 is 18.9 Å². The highest BCUT2D eigenvalue weighted by Crippen LogP contribution is 2.29. The number of nitrogens with zero attached hydrogens (tertiary/aromatic N) is 4. The lowest BCUT2D eigenvalue weighted by Crippen LogP contribution is -2.39. The molecule has 4 rings (SSSR count). The van der Waals surface area contributed by atoms with Crippen molar-refractivity contribution < 1.29 is 9.47 Å². The van der Waals surface area contributed by atoms with Crippen LogP contribution in [0, 0.1) is 0 Å². The van der Waals surface area contributed by atoms with Crippen molar-refractivity contribution >= 4 is 32.8 Å². The second-order valence-corrected chi connectivity index (χ2v) is 7.61. The maximum atomic E-state index is 6.37. The summed E-state index contributed by atoms with van der Waals surface area (Å²) in [5.74, 6) is 1.75. The minimum atomic E-state index is 0.213. The SMILES string of the molecule is COCCn1ccc2c(OC3CCN(c4ncc(Br)cn4)CC3)cccc21. The Morgan fingerprint density at radius 3 is 2.67 bits per heavy atom. The molecule has 2 aromatic heterocycles. The van der Waals surface area contributed by atoms with Crippen LogP contribution >= 0.6 is 15.9 Å². The van der Waals surface area contributed by atoms with Crippen LogP contribution in [0.4, 0.5) is 5.95 Å². The summed E-state index contributed by atoms with van der Waals surface area (Å²) in [6.07, 6.45) is 7.81. The molecule has 0 aliphatic carbocycles. The molecule has 0 radical (unpaired) electrons. The van der Waals surface area contributed by atoms with E-state index < -0.39 is 0 Å². The van der Waals surface area contributed by atoms with Crippen molar-refractivity contribution in [3.8, 4) is 5.75 Å². The van der Waals surface area contributed by atoms with Crippen molar-refractivity contribution in [2.45, 2.75) is 25.5 Å². The molecule has 7 heteroatoms. The molecule has 6 nitrogen and oxygen atoms in total. The number of piperidine rings is 1. The predicted octanol–water partition coefficient (Wildman–Crippen LogP) is 3.89. The fourth-order valence-electron chi connectivity index (χ4n) is 3.50.